The van der Waals surface area contributed by atoms with Gasteiger partial charge in [-0.15, -0.1) is 0 Å². The maximum atomic E-state index is 11.3. The maximum Gasteiger partial charge on any atom is 0.239 e. The third-order valence-corrected chi connectivity index (χ3v) is 3.14. The highest BCUT2D eigenvalue weighted by atomic mass is 32.1. The molecule has 1 amide bonds. The molecule has 1 N–H and O–H groups in total. The van der Waals surface area contributed by atoms with Crippen LogP contribution in [0.5, 0.6) is 0 Å². The number of amides is 1. The highest BCUT2D eigenvalue weighted by Crippen LogP contribution is 2.21. The lowest BCUT2D eigenvalue weighted by atomic mass is 10.4. The number of carbonyl (C=O) groups excluding carboxylic acids is 2. The molecule has 0 spiro atoms. The lowest BCUT2D eigenvalue weighted by Gasteiger charge is -2.16. The van der Waals surface area contributed by atoms with Gasteiger partial charge in [0.05, 0.1) is 17.6 Å². The van der Waals surface area contributed by atoms with Gasteiger partial charge in [-0.3, -0.25) is 9.59 Å². The molecule has 15 heavy (non-hydrogen) atoms. The molecule has 6 heteroatoms. The zero-order valence-electron chi connectivity index (χ0n) is 8.10. The molecule has 0 bridgehead atoms. The molecular weight excluding hydrogens is 214 g/mol. The number of rotatable bonds is 2. The lowest BCUT2D eigenvalue weighted by Crippen LogP contribution is -2.32. The van der Waals surface area contributed by atoms with Crippen LogP contribution in [-0.2, 0) is 4.79 Å². The second-order valence-electron chi connectivity index (χ2n) is 3.29. The monoisotopic (exact) mass is 225 g/mol. The molecule has 2 heterocycles. The van der Waals surface area contributed by atoms with Gasteiger partial charge >= 0.3 is 0 Å². The van der Waals surface area contributed by atoms with Crippen molar-refractivity contribution in [2.75, 3.05) is 24.5 Å². The number of aromatic nitrogens is 1. The number of carbonyl (C=O) groups is 2. The van der Waals surface area contributed by atoms with E-state index in [1.165, 1.54) is 17.5 Å². The molecule has 5 nitrogen and oxygen atoms in total. The normalized spacial score (nSPS) is 17.1. The van der Waals surface area contributed by atoms with Crippen molar-refractivity contribution >= 4 is 28.7 Å². The minimum Gasteiger partial charge on any atom is -0.354 e. The van der Waals surface area contributed by atoms with E-state index in [1.807, 2.05) is 4.90 Å². The summed E-state index contributed by atoms with van der Waals surface area (Å²) in [7, 11) is 0. The molecular formula is C9H11N3O2S. The molecule has 1 aromatic heterocycles. The Hall–Kier alpha value is -1.43. The summed E-state index contributed by atoms with van der Waals surface area (Å²) in [6.45, 7) is 1.83. The number of thiazole rings is 1. The summed E-state index contributed by atoms with van der Waals surface area (Å²) in [5.74, 6) is 0.00959. The van der Waals surface area contributed by atoms with Crippen LogP contribution >= 0.6 is 11.3 Å². The summed E-state index contributed by atoms with van der Waals surface area (Å²) in [4.78, 5) is 28.4. The lowest BCUT2D eigenvalue weighted by molar-refractivity contribution is -0.119. The van der Waals surface area contributed by atoms with Crippen LogP contribution in [0.2, 0.25) is 0 Å². The van der Waals surface area contributed by atoms with E-state index < -0.39 is 0 Å². The van der Waals surface area contributed by atoms with Crippen LogP contribution < -0.4 is 10.2 Å². The van der Waals surface area contributed by atoms with E-state index in [2.05, 4.69) is 10.3 Å². The van der Waals surface area contributed by atoms with Crippen LogP contribution in [0, 0.1) is 0 Å². The van der Waals surface area contributed by atoms with E-state index in [-0.39, 0.29) is 5.91 Å². The topological polar surface area (TPSA) is 62.3 Å². The first-order valence-electron chi connectivity index (χ1n) is 4.72. The van der Waals surface area contributed by atoms with Gasteiger partial charge < -0.3 is 10.2 Å². The van der Waals surface area contributed by atoms with Gasteiger partial charge in [-0.2, -0.15) is 0 Å². The van der Waals surface area contributed by atoms with Gasteiger partial charge in [-0.25, -0.2) is 4.98 Å². The van der Waals surface area contributed by atoms with Gasteiger partial charge in [0.15, 0.2) is 11.4 Å². The molecule has 80 valence electrons. The highest BCUT2D eigenvalue weighted by Gasteiger charge is 2.17. The van der Waals surface area contributed by atoms with Crippen LogP contribution in [0.4, 0.5) is 5.13 Å². The predicted molar refractivity (Wildman–Crippen MR) is 57.3 cm³/mol. The predicted octanol–water partition coefficient (Wildman–Crippen LogP) is 0.282. The second-order valence-corrected chi connectivity index (χ2v) is 4.33. The molecule has 0 atom stereocenters. The van der Waals surface area contributed by atoms with Gasteiger partial charge in [-0.1, -0.05) is 11.3 Å². The van der Waals surface area contributed by atoms with Crippen LogP contribution in [-0.4, -0.2) is 36.8 Å². The minimum atomic E-state index is 0.00959. The van der Waals surface area contributed by atoms with E-state index in [1.54, 1.807) is 0 Å². The third-order valence-electron chi connectivity index (χ3n) is 2.16. The Kier molecular flexibility index (Phi) is 2.96. The zero-order valence-corrected chi connectivity index (χ0v) is 8.92. The summed E-state index contributed by atoms with van der Waals surface area (Å²) in [5.41, 5.74) is 0. The number of nitrogens with one attached hydrogen (secondary N) is 1. The van der Waals surface area contributed by atoms with Crippen LogP contribution in [0.25, 0.3) is 0 Å². The molecule has 1 fully saturated rings. The first kappa shape index (κ1) is 10.1. The summed E-state index contributed by atoms with van der Waals surface area (Å²) in [5, 5.41) is 3.54. The SMILES string of the molecule is O=Cc1cnc(N2CCCNC(=O)C2)s1. The molecule has 1 aliphatic rings. The van der Waals surface area contributed by atoms with Gasteiger partial charge in [0.2, 0.25) is 5.91 Å². The van der Waals surface area contributed by atoms with Gasteiger partial charge in [0.1, 0.15) is 0 Å². The van der Waals surface area contributed by atoms with Gasteiger partial charge in [0.25, 0.3) is 0 Å². The Bertz CT molecular complexity index is 377. The van der Waals surface area contributed by atoms with E-state index in [4.69, 9.17) is 0 Å². The first-order chi connectivity index (χ1) is 7.29. The quantitative estimate of drug-likeness (QED) is 0.734. The Morgan fingerprint density at radius 1 is 1.60 bits per heavy atom. The van der Waals surface area contributed by atoms with Crippen molar-refractivity contribution in [3.05, 3.63) is 11.1 Å². The molecule has 1 saturated heterocycles. The average molecular weight is 225 g/mol. The molecule has 0 radical (unpaired) electrons. The summed E-state index contributed by atoms with van der Waals surface area (Å²) in [6, 6.07) is 0. The van der Waals surface area contributed by atoms with Gasteiger partial charge in [0, 0.05) is 13.1 Å². The van der Waals surface area contributed by atoms with Crippen molar-refractivity contribution in [2.24, 2.45) is 0 Å². The molecule has 0 unspecified atom stereocenters. The average Bonchev–Trinajstić information content (AvgIpc) is 2.61. The summed E-state index contributed by atoms with van der Waals surface area (Å²) in [6.07, 6.45) is 3.22. The molecule has 1 aliphatic heterocycles. The van der Waals surface area contributed by atoms with Crippen molar-refractivity contribution in [3.63, 3.8) is 0 Å². The van der Waals surface area contributed by atoms with Crippen molar-refractivity contribution in [3.8, 4) is 0 Å². The van der Waals surface area contributed by atoms with E-state index in [0.717, 1.165) is 24.4 Å². The standard InChI is InChI=1S/C9H11N3O2S/c13-6-7-4-11-9(15-7)12-3-1-2-10-8(14)5-12/h4,6H,1-3,5H2,(H,10,14). The fourth-order valence-electron chi connectivity index (χ4n) is 1.45. The minimum absolute atomic E-state index is 0.00959. The van der Waals surface area contributed by atoms with E-state index in [9.17, 15) is 9.59 Å². The van der Waals surface area contributed by atoms with Crippen LogP contribution in [0.3, 0.4) is 0 Å². The maximum absolute atomic E-state index is 11.3. The largest absolute Gasteiger partial charge is 0.354 e. The fourth-order valence-corrected chi connectivity index (χ4v) is 2.20. The smallest absolute Gasteiger partial charge is 0.239 e. The van der Waals surface area contributed by atoms with Crippen LogP contribution in [0.15, 0.2) is 6.20 Å². The van der Waals surface area contributed by atoms with Crippen molar-refractivity contribution in [2.45, 2.75) is 6.42 Å². The van der Waals surface area contributed by atoms with E-state index in [0.29, 0.717) is 18.0 Å². The molecule has 0 aromatic carbocycles. The Labute approximate surface area is 91.1 Å². The Morgan fingerprint density at radius 3 is 3.20 bits per heavy atom. The third kappa shape index (κ3) is 2.33. The molecule has 2 rings (SSSR count). The summed E-state index contributed by atoms with van der Waals surface area (Å²) >= 11 is 1.32. The van der Waals surface area contributed by atoms with E-state index >= 15 is 0 Å². The highest BCUT2D eigenvalue weighted by molar-refractivity contribution is 7.17. The molecule has 0 aliphatic carbocycles. The van der Waals surface area contributed by atoms with Crippen LogP contribution in [0.1, 0.15) is 16.1 Å². The van der Waals surface area contributed by atoms with Crippen molar-refractivity contribution in [1.29, 1.82) is 0 Å². The van der Waals surface area contributed by atoms with Crippen molar-refractivity contribution < 1.29 is 9.59 Å². The zero-order chi connectivity index (χ0) is 10.7. The number of aldehydes is 1. The number of hydrogen-bond donors (Lipinski definition) is 1. The Balaban J connectivity index is 2.14. The fraction of sp³-hybridized carbons (Fsp3) is 0.444. The second kappa shape index (κ2) is 4.39. The summed E-state index contributed by atoms with van der Waals surface area (Å²) < 4.78 is 0. The number of hydrogen-bond acceptors (Lipinski definition) is 5. The Morgan fingerprint density at radius 2 is 2.47 bits per heavy atom. The number of nitrogens with zero attached hydrogens (tertiary/aromatic N) is 2. The van der Waals surface area contributed by atoms with Crippen molar-refractivity contribution in [1.82, 2.24) is 10.3 Å². The molecule has 1 aromatic rings. The number of anilines is 1. The first-order valence-corrected chi connectivity index (χ1v) is 5.54. The molecule has 0 saturated carbocycles. The van der Waals surface area contributed by atoms with Gasteiger partial charge in [-0.05, 0) is 6.42 Å².